The van der Waals surface area contributed by atoms with Crippen LogP contribution in [0.2, 0.25) is 0 Å². The molecule has 0 radical (unpaired) electrons. The second kappa shape index (κ2) is 10.2. The highest BCUT2D eigenvalue weighted by atomic mass is 79.9. The molecule has 0 saturated heterocycles. The molecule has 1 aromatic carbocycles. The Labute approximate surface area is 187 Å². The van der Waals surface area contributed by atoms with E-state index in [0.29, 0.717) is 24.8 Å². The van der Waals surface area contributed by atoms with Gasteiger partial charge in [-0.2, -0.15) is 5.10 Å². The van der Waals surface area contributed by atoms with E-state index in [2.05, 4.69) is 21.0 Å². The van der Waals surface area contributed by atoms with Gasteiger partial charge in [0.1, 0.15) is 12.3 Å². The molecule has 0 amide bonds. The zero-order valence-electron chi connectivity index (χ0n) is 17.4. The van der Waals surface area contributed by atoms with Crippen LogP contribution in [-0.2, 0) is 28.9 Å². The number of ether oxygens (including phenoxy) is 2. The van der Waals surface area contributed by atoms with Crippen molar-refractivity contribution in [2.24, 2.45) is 0 Å². The van der Waals surface area contributed by atoms with Crippen LogP contribution in [0.5, 0.6) is 5.75 Å². The smallest absolute Gasteiger partial charge is 0.327 e. The third kappa shape index (κ3) is 4.92. The minimum Gasteiger partial charge on any atom is -0.496 e. The number of benzene rings is 1. The van der Waals surface area contributed by atoms with Crippen molar-refractivity contribution in [2.45, 2.75) is 46.1 Å². The Kier molecular flexibility index (Phi) is 7.66. The van der Waals surface area contributed by atoms with E-state index in [-0.39, 0.29) is 12.1 Å². The maximum atomic E-state index is 13.0. The van der Waals surface area contributed by atoms with Crippen LogP contribution in [0, 0.1) is 6.92 Å². The molecular weight excluding hydrogens is 468 g/mol. The number of aryl methyl sites for hydroxylation is 3. The molecule has 2 heterocycles. The van der Waals surface area contributed by atoms with Crippen LogP contribution in [-0.4, -0.2) is 29.5 Å². The molecule has 0 unspecified atom stereocenters. The van der Waals surface area contributed by atoms with E-state index in [1.807, 2.05) is 38.1 Å². The fraction of sp³-hybridized carbons (Fsp3) is 0.409. The van der Waals surface area contributed by atoms with Crippen molar-refractivity contribution in [3.63, 3.8) is 0 Å². The van der Waals surface area contributed by atoms with E-state index in [4.69, 9.17) is 9.47 Å². The number of thiophene rings is 1. The van der Waals surface area contributed by atoms with Crippen LogP contribution < -0.4 is 10.3 Å². The first kappa shape index (κ1) is 22.5. The van der Waals surface area contributed by atoms with Gasteiger partial charge in [0.2, 0.25) is 0 Å². The third-order valence-corrected chi connectivity index (χ3v) is 7.11. The summed E-state index contributed by atoms with van der Waals surface area (Å²) in [6.07, 6.45) is 3.06. The lowest BCUT2D eigenvalue weighted by atomic mass is 10.1. The number of methoxy groups -OCH3 is 1. The average molecular weight is 493 g/mol. The predicted molar refractivity (Wildman–Crippen MR) is 123 cm³/mol. The first-order chi connectivity index (χ1) is 14.5. The maximum absolute atomic E-state index is 13.0. The van der Waals surface area contributed by atoms with E-state index in [1.54, 1.807) is 7.11 Å². The second-order valence-electron chi connectivity index (χ2n) is 7.00. The molecule has 0 saturated carbocycles. The average Bonchev–Trinajstić information content (AvgIpc) is 3.04. The number of fused-ring (bicyclic) bond motifs is 1. The van der Waals surface area contributed by atoms with Crippen LogP contribution in [0.25, 0.3) is 10.1 Å². The number of aromatic nitrogens is 2. The van der Waals surface area contributed by atoms with E-state index >= 15 is 0 Å². The minimum atomic E-state index is -0.444. The summed E-state index contributed by atoms with van der Waals surface area (Å²) in [7, 11) is 1.65. The molecule has 6 nitrogen and oxygen atoms in total. The number of unbranched alkanes of at least 4 members (excludes halogenated alkanes) is 1. The van der Waals surface area contributed by atoms with E-state index in [0.717, 1.165) is 43.9 Å². The Morgan fingerprint density at radius 1 is 1.27 bits per heavy atom. The molecule has 0 fully saturated rings. The normalized spacial score (nSPS) is 11.1. The number of hydrogen-bond donors (Lipinski definition) is 0. The first-order valence-corrected chi connectivity index (χ1v) is 11.5. The van der Waals surface area contributed by atoms with Gasteiger partial charge in [-0.05, 0) is 59.3 Å². The molecule has 30 heavy (non-hydrogen) atoms. The molecule has 0 atom stereocenters. The van der Waals surface area contributed by atoms with E-state index in [9.17, 15) is 9.59 Å². The molecule has 3 rings (SSSR count). The van der Waals surface area contributed by atoms with Crippen LogP contribution in [0.1, 0.15) is 36.6 Å². The summed E-state index contributed by atoms with van der Waals surface area (Å²) >= 11 is 5.05. The lowest BCUT2D eigenvalue weighted by Crippen LogP contribution is -2.29. The molecule has 0 bridgehead atoms. The number of halogens is 1. The fourth-order valence-electron chi connectivity index (χ4n) is 3.24. The maximum Gasteiger partial charge on any atom is 0.327 e. The predicted octanol–water partition coefficient (Wildman–Crippen LogP) is 4.67. The number of esters is 1. The van der Waals surface area contributed by atoms with Crippen molar-refractivity contribution in [1.82, 2.24) is 9.78 Å². The van der Waals surface area contributed by atoms with Gasteiger partial charge in [0.15, 0.2) is 0 Å². The van der Waals surface area contributed by atoms with Crippen molar-refractivity contribution in [3.05, 3.63) is 55.2 Å². The van der Waals surface area contributed by atoms with Gasteiger partial charge in [-0.15, -0.1) is 11.3 Å². The van der Waals surface area contributed by atoms with Crippen LogP contribution in [0.15, 0.2) is 32.8 Å². The molecule has 0 aliphatic heterocycles. The van der Waals surface area contributed by atoms with Gasteiger partial charge in [-0.1, -0.05) is 31.5 Å². The number of rotatable bonds is 9. The summed E-state index contributed by atoms with van der Waals surface area (Å²) in [5.74, 6) is 0.380. The number of carbonyl (C=O) groups excluding carboxylic acids is 1. The topological polar surface area (TPSA) is 70.4 Å². The van der Waals surface area contributed by atoms with E-state index in [1.165, 1.54) is 16.0 Å². The summed E-state index contributed by atoms with van der Waals surface area (Å²) in [5.41, 5.74) is 2.46. The van der Waals surface area contributed by atoms with Crippen molar-refractivity contribution in [3.8, 4) is 5.75 Å². The van der Waals surface area contributed by atoms with Crippen LogP contribution in [0.4, 0.5) is 0 Å². The van der Waals surface area contributed by atoms with E-state index < -0.39 is 5.97 Å². The lowest BCUT2D eigenvalue weighted by Gasteiger charge is -2.11. The summed E-state index contributed by atoms with van der Waals surface area (Å²) in [6, 6.07) is 7.85. The Balaban J connectivity index is 1.94. The zero-order valence-corrected chi connectivity index (χ0v) is 19.8. The van der Waals surface area contributed by atoms with Gasteiger partial charge in [-0.25, -0.2) is 4.68 Å². The third-order valence-electron chi connectivity index (χ3n) is 4.90. The summed E-state index contributed by atoms with van der Waals surface area (Å²) < 4.78 is 13.7. The summed E-state index contributed by atoms with van der Waals surface area (Å²) in [6.45, 7) is 4.10. The first-order valence-electron chi connectivity index (χ1n) is 9.92. The van der Waals surface area contributed by atoms with Gasteiger partial charge < -0.3 is 9.47 Å². The van der Waals surface area contributed by atoms with Gasteiger partial charge in [0.05, 0.1) is 33.3 Å². The molecule has 8 heteroatoms. The van der Waals surface area contributed by atoms with Gasteiger partial charge in [-0.3, -0.25) is 9.59 Å². The van der Waals surface area contributed by atoms with Crippen LogP contribution >= 0.6 is 27.3 Å². The minimum absolute atomic E-state index is 0.187. The Morgan fingerprint density at radius 2 is 2.03 bits per heavy atom. The molecule has 160 valence electrons. The molecule has 2 aromatic heterocycles. The molecular formula is C22H25BrN2O4S. The SMILES string of the molecule is CCCCOC(=O)Cn1nc(CCc2ccccc2OC)c2sc(Br)c(C)c2c1=O. The van der Waals surface area contributed by atoms with Gasteiger partial charge in [0, 0.05) is 0 Å². The summed E-state index contributed by atoms with van der Waals surface area (Å²) in [4.78, 5) is 25.2. The van der Waals surface area contributed by atoms with Crippen molar-refractivity contribution in [1.29, 1.82) is 0 Å². The summed E-state index contributed by atoms with van der Waals surface area (Å²) in [5, 5.41) is 5.16. The second-order valence-corrected chi connectivity index (χ2v) is 9.34. The largest absolute Gasteiger partial charge is 0.496 e. The molecule has 0 N–H and O–H groups in total. The highest BCUT2D eigenvalue weighted by molar-refractivity contribution is 9.11. The highest BCUT2D eigenvalue weighted by Crippen LogP contribution is 2.35. The number of nitrogens with zero attached hydrogens (tertiary/aromatic N) is 2. The number of hydrogen-bond acceptors (Lipinski definition) is 6. The van der Waals surface area contributed by atoms with Gasteiger partial charge >= 0.3 is 5.97 Å². The number of carbonyl (C=O) groups is 1. The molecule has 3 aromatic rings. The number of para-hydroxylation sites is 1. The van der Waals surface area contributed by atoms with Crippen molar-refractivity contribution < 1.29 is 14.3 Å². The van der Waals surface area contributed by atoms with Crippen LogP contribution in [0.3, 0.4) is 0 Å². The zero-order chi connectivity index (χ0) is 21.7. The highest BCUT2D eigenvalue weighted by Gasteiger charge is 2.19. The Bertz CT molecular complexity index is 1110. The Morgan fingerprint density at radius 3 is 2.77 bits per heavy atom. The quantitative estimate of drug-likeness (QED) is 0.320. The fourth-order valence-corrected chi connectivity index (χ4v) is 4.96. The lowest BCUT2D eigenvalue weighted by molar-refractivity contribution is -0.144. The van der Waals surface area contributed by atoms with Crippen molar-refractivity contribution >= 4 is 43.3 Å². The Hall–Kier alpha value is -2.19. The van der Waals surface area contributed by atoms with Gasteiger partial charge in [0.25, 0.3) is 5.56 Å². The molecule has 0 spiro atoms. The monoisotopic (exact) mass is 492 g/mol. The van der Waals surface area contributed by atoms with Crippen molar-refractivity contribution in [2.75, 3.05) is 13.7 Å². The standard InChI is InChI=1S/C22H25BrN2O4S/c1-4-5-12-29-18(26)13-25-22(27)19-14(2)21(23)30-20(19)16(24-25)11-10-15-8-6-7-9-17(15)28-3/h6-9H,4-5,10-13H2,1-3H3. The molecule has 0 aliphatic carbocycles. The molecule has 0 aliphatic rings.